The highest BCUT2D eigenvalue weighted by atomic mass is 15.3. The average molecular weight is 236 g/mol. The van der Waals surface area contributed by atoms with Crippen LogP contribution in [0.4, 0.5) is 0 Å². The summed E-state index contributed by atoms with van der Waals surface area (Å²) in [5.74, 6) is 0. The third-order valence-corrected chi connectivity index (χ3v) is 3.77. The second kappa shape index (κ2) is 5.19. The Bertz CT molecular complexity index is 358. The molecule has 0 bridgehead atoms. The minimum absolute atomic E-state index is 0.440. The Hall–Kier alpha value is -0.870. The zero-order valence-electron chi connectivity index (χ0n) is 11.3. The lowest BCUT2D eigenvalue weighted by Gasteiger charge is -2.38. The van der Waals surface area contributed by atoms with Gasteiger partial charge in [-0.15, -0.1) is 0 Å². The van der Waals surface area contributed by atoms with Crippen molar-refractivity contribution in [2.75, 3.05) is 13.1 Å². The highest BCUT2D eigenvalue weighted by Crippen LogP contribution is 2.15. The zero-order valence-corrected chi connectivity index (χ0v) is 11.3. The number of nitrogens with one attached hydrogen (secondary N) is 1. The van der Waals surface area contributed by atoms with E-state index in [0.717, 1.165) is 19.6 Å². The Labute approximate surface area is 104 Å². The first-order valence-corrected chi connectivity index (χ1v) is 6.59. The molecule has 1 aliphatic heterocycles. The van der Waals surface area contributed by atoms with Crippen LogP contribution in [0.15, 0.2) is 12.3 Å². The smallest absolute Gasteiger partial charge is 0.0527 e. The summed E-state index contributed by atoms with van der Waals surface area (Å²) >= 11 is 0. The van der Waals surface area contributed by atoms with Gasteiger partial charge < -0.3 is 5.32 Å². The van der Waals surface area contributed by atoms with Crippen LogP contribution in [0.25, 0.3) is 0 Å². The first kappa shape index (κ1) is 12.6. The molecule has 2 rings (SSSR count). The van der Waals surface area contributed by atoms with E-state index in [2.05, 4.69) is 53.8 Å². The monoisotopic (exact) mass is 236 g/mol. The van der Waals surface area contributed by atoms with Crippen LogP contribution in [0.5, 0.6) is 0 Å². The molecule has 0 radical (unpaired) electrons. The molecule has 0 aliphatic carbocycles. The summed E-state index contributed by atoms with van der Waals surface area (Å²) in [7, 11) is 0. The van der Waals surface area contributed by atoms with E-state index >= 15 is 0 Å². The van der Waals surface area contributed by atoms with Crippen LogP contribution in [0, 0.1) is 0 Å². The zero-order chi connectivity index (χ0) is 12.4. The molecule has 1 aromatic rings. The summed E-state index contributed by atoms with van der Waals surface area (Å²) in [5, 5.41) is 7.91. The van der Waals surface area contributed by atoms with Crippen molar-refractivity contribution in [2.45, 2.75) is 52.4 Å². The highest BCUT2D eigenvalue weighted by Gasteiger charge is 2.25. The average Bonchev–Trinajstić information content (AvgIpc) is 2.73. The van der Waals surface area contributed by atoms with E-state index in [1.54, 1.807) is 0 Å². The summed E-state index contributed by atoms with van der Waals surface area (Å²) < 4.78 is 2.12. The van der Waals surface area contributed by atoms with Gasteiger partial charge in [-0.2, -0.15) is 5.10 Å². The molecule has 1 fully saturated rings. The molecule has 1 aromatic heterocycles. The van der Waals surface area contributed by atoms with Gasteiger partial charge in [0.1, 0.15) is 0 Å². The van der Waals surface area contributed by atoms with Gasteiger partial charge in [0.2, 0.25) is 0 Å². The van der Waals surface area contributed by atoms with E-state index in [1.807, 2.05) is 6.20 Å². The van der Waals surface area contributed by atoms with Gasteiger partial charge in [0.25, 0.3) is 0 Å². The van der Waals surface area contributed by atoms with Crippen molar-refractivity contribution >= 4 is 0 Å². The van der Waals surface area contributed by atoms with Gasteiger partial charge >= 0.3 is 0 Å². The number of nitrogens with zero attached hydrogens (tertiary/aromatic N) is 3. The molecular weight excluding hydrogens is 212 g/mol. The molecule has 96 valence electrons. The maximum absolute atomic E-state index is 4.40. The molecule has 4 nitrogen and oxygen atoms in total. The van der Waals surface area contributed by atoms with E-state index in [9.17, 15) is 0 Å². The third kappa shape index (κ3) is 2.69. The highest BCUT2D eigenvalue weighted by molar-refractivity contribution is 5.02. The largest absolute Gasteiger partial charge is 0.311 e. The molecular formula is C13H24N4. The minimum Gasteiger partial charge on any atom is -0.311 e. The minimum atomic E-state index is 0.440. The van der Waals surface area contributed by atoms with Crippen molar-refractivity contribution in [3.8, 4) is 0 Å². The summed E-state index contributed by atoms with van der Waals surface area (Å²) in [6.45, 7) is 12.1. The van der Waals surface area contributed by atoms with Crippen LogP contribution in [0.3, 0.4) is 0 Å². The molecule has 0 saturated carbocycles. The molecule has 1 aliphatic rings. The normalized spacial score (nSPS) is 26.6. The molecule has 17 heavy (non-hydrogen) atoms. The van der Waals surface area contributed by atoms with Gasteiger partial charge in [0.05, 0.1) is 5.69 Å². The number of aromatic nitrogens is 2. The van der Waals surface area contributed by atoms with E-state index < -0.39 is 0 Å². The molecule has 2 heterocycles. The van der Waals surface area contributed by atoms with Gasteiger partial charge in [0, 0.05) is 44.0 Å². The second-order valence-corrected chi connectivity index (χ2v) is 5.31. The van der Waals surface area contributed by atoms with Crippen molar-refractivity contribution < 1.29 is 0 Å². The van der Waals surface area contributed by atoms with Gasteiger partial charge in [0.15, 0.2) is 0 Å². The standard InChI is InChI=1S/C13H24N4/c1-10(2)17-13(5-6-15-17)9-16-8-7-14-11(3)12(16)4/h5-6,10-12,14H,7-9H2,1-4H3. The fourth-order valence-electron chi connectivity index (χ4n) is 2.49. The Kier molecular flexibility index (Phi) is 3.84. The summed E-state index contributed by atoms with van der Waals surface area (Å²) in [6.07, 6.45) is 1.91. The van der Waals surface area contributed by atoms with Crippen LogP contribution in [-0.4, -0.2) is 39.9 Å². The molecule has 2 atom stereocenters. The van der Waals surface area contributed by atoms with Crippen LogP contribution in [-0.2, 0) is 6.54 Å². The first-order valence-electron chi connectivity index (χ1n) is 6.59. The maximum atomic E-state index is 4.40. The number of hydrogen-bond acceptors (Lipinski definition) is 3. The molecule has 4 heteroatoms. The van der Waals surface area contributed by atoms with E-state index in [4.69, 9.17) is 0 Å². The van der Waals surface area contributed by atoms with Crippen molar-refractivity contribution in [3.63, 3.8) is 0 Å². The predicted molar refractivity (Wildman–Crippen MR) is 69.9 cm³/mol. The van der Waals surface area contributed by atoms with E-state index in [0.29, 0.717) is 18.1 Å². The lowest BCUT2D eigenvalue weighted by Crippen LogP contribution is -2.54. The van der Waals surface area contributed by atoms with Crippen molar-refractivity contribution in [3.05, 3.63) is 18.0 Å². The van der Waals surface area contributed by atoms with Crippen LogP contribution >= 0.6 is 0 Å². The molecule has 0 amide bonds. The van der Waals surface area contributed by atoms with Crippen molar-refractivity contribution in [1.29, 1.82) is 0 Å². The lowest BCUT2D eigenvalue weighted by atomic mass is 10.1. The third-order valence-electron chi connectivity index (χ3n) is 3.77. The topological polar surface area (TPSA) is 33.1 Å². The molecule has 2 unspecified atom stereocenters. The van der Waals surface area contributed by atoms with Gasteiger partial charge in [-0.25, -0.2) is 0 Å². The predicted octanol–water partition coefficient (Wildman–Crippen LogP) is 1.65. The molecule has 1 saturated heterocycles. The maximum Gasteiger partial charge on any atom is 0.0527 e. The van der Waals surface area contributed by atoms with Gasteiger partial charge in [-0.05, 0) is 33.8 Å². The van der Waals surface area contributed by atoms with Crippen molar-refractivity contribution in [2.24, 2.45) is 0 Å². The number of piperazine rings is 1. The molecule has 1 N–H and O–H groups in total. The molecule has 0 aromatic carbocycles. The molecule has 0 spiro atoms. The number of hydrogen-bond donors (Lipinski definition) is 1. The lowest BCUT2D eigenvalue weighted by molar-refractivity contribution is 0.126. The van der Waals surface area contributed by atoms with Gasteiger partial charge in [-0.3, -0.25) is 9.58 Å². The van der Waals surface area contributed by atoms with E-state index in [1.165, 1.54) is 5.69 Å². The Morgan fingerprint density at radius 1 is 1.47 bits per heavy atom. The summed E-state index contributed by atoms with van der Waals surface area (Å²) in [4.78, 5) is 2.54. The van der Waals surface area contributed by atoms with Crippen molar-refractivity contribution in [1.82, 2.24) is 20.0 Å². The SMILES string of the molecule is CC1NCCN(Cc2ccnn2C(C)C)C1C. The van der Waals surface area contributed by atoms with Crippen LogP contribution in [0.2, 0.25) is 0 Å². The summed E-state index contributed by atoms with van der Waals surface area (Å²) in [5.41, 5.74) is 1.32. The van der Waals surface area contributed by atoms with Crippen LogP contribution < -0.4 is 5.32 Å². The van der Waals surface area contributed by atoms with Crippen LogP contribution in [0.1, 0.15) is 39.4 Å². The Morgan fingerprint density at radius 2 is 2.24 bits per heavy atom. The number of rotatable bonds is 3. The fourth-order valence-corrected chi connectivity index (χ4v) is 2.49. The van der Waals surface area contributed by atoms with Gasteiger partial charge in [-0.1, -0.05) is 0 Å². The first-order chi connectivity index (χ1) is 8.09. The second-order valence-electron chi connectivity index (χ2n) is 5.31. The fraction of sp³-hybridized carbons (Fsp3) is 0.769. The Morgan fingerprint density at radius 3 is 2.94 bits per heavy atom. The van der Waals surface area contributed by atoms with E-state index in [-0.39, 0.29) is 0 Å². The Balaban J connectivity index is 2.07. The quantitative estimate of drug-likeness (QED) is 0.866. The summed E-state index contributed by atoms with van der Waals surface area (Å²) in [6, 6.07) is 3.73.